The summed E-state index contributed by atoms with van der Waals surface area (Å²) >= 11 is 5.79. The second-order valence-electron chi connectivity index (χ2n) is 4.50. The van der Waals surface area contributed by atoms with Crippen molar-refractivity contribution in [2.45, 2.75) is 26.8 Å². The second-order valence-corrected chi connectivity index (χ2v) is 4.81. The minimum absolute atomic E-state index is 0.00909. The fraction of sp³-hybridized carbons (Fsp3) is 0.462. The zero-order valence-corrected chi connectivity index (χ0v) is 11.1. The number of aryl methyl sites for hydroxylation is 1. The van der Waals surface area contributed by atoms with Gasteiger partial charge in [-0.3, -0.25) is 4.79 Å². The molecular formula is C13H18ClNO2. The molecule has 0 heterocycles. The number of phenols is 1. The van der Waals surface area contributed by atoms with Gasteiger partial charge in [-0.15, -0.1) is 11.6 Å². The number of halogens is 1. The normalized spacial score (nSPS) is 12.5. The zero-order valence-electron chi connectivity index (χ0n) is 10.3. The van der Waals surface area contributed by atoms with Gasteiger partial charge in [0.15, 0.2) is 0 Å². The van der Waals surface area contributed by atoms with Gasteiger partial charge in [-0.1, -0.05) is 25.5 Å². The number of rotatable bonds is 4. The van der Waals surface area contributed by atoms with Gasteiger partial charge in [0.2, 0.25) is 0 Å². The van der Waals surface area contributed by atoms with Gasteiger partial charge in [0.1, 0.15) is 5.75 Å². The molecule has 0 saturated heterocycles. The molecule has 94 valence electrons. The summed E-state index contributed by atoms with van der Waals surface area (Å²) in [7, 11) is 0. The van der Waals surface area contributed by atoms with E-state index in [1.54, 1.807) is 12.1 Å². The molecular weight excluding hydrogens is 238 g/mol. The molecule has 1 atom stereocenters. The van der Waals surface area contributed by atoms with Crippen LogP contribution in [-0.2, 0) is 0 Å². The van der Waals surface area contributed by atoms with E-state index in [0.29, 0.717) is 11.4 Å². The quantitative estimate of drug-likeness (QED) is 0.813. The first-order valence-electron chi connectivity index (χ1n) is 5.62. The predicted molar refractivity (Wildman–Crippen MR) is 69.7 cm³/mol. The first-order chi connectivity index (χ1) is 7.95. The molecule has 4 heteroatoms. The van der Waals surface area contributed by atoms with Crippen molar-refractivity contribution < 1.29 is 9.90 Å². The third-order valence-corrected chi connectivity index (χ3v) is 3.02. The number of amides is 1. The summed E-state index contributed by atoms with van der Waals surface area (Å²) in [6, 6.07) is 4.85. The average molecular weight is 256 g/mol. The van der Waals surface area contributed by atoms with Crippen molar-refractivity contribution >= 4 is 17.5 Å². The van der Waals surface area contributed by atoms with Crippen LogP contribution in [0.1, 0.15) is 29.8 Å². The first-order valence-corrected chi connectivity index (χ1v) is 6.15. The highest BCUT2D eigenvalue weighted by atomic mass is 35.5. The van der Waals surface area contributed by atoms with Crippen molar-refractivity contribution in [2.24, 2.45) is 5.92 Å². The number of phenolic OH excluding ortho intramolecular Hbond substituents is 1. The Bertz CT molecular complexity index is 404. The Morgan fingerprint density at radius 3 is 2.65 bits per heavy atom. The maximum atomic E-state index is 12.0. The summed E-state index contributed by atoms with van der Waals surface area (Å²) in [6.45, 7) is 5.85. The van der Waals surface area contributed by atoms with Crippen molar-refractivity contribution in [3.8, 4) is 5.75 Å². The summed E-state index contributed by atoms with van der Waals surface area (Å²) in [5.41, 5.74) is 1.22. The Morgan fingerprint density at radius 2 is 2.12 bits per heavy atom. The standard InChI is InChI=1S/C13H18ClNO2/c1-8(2)11(7-14)15-13(17)10-6-9(3)4-5-12(10)16/h4-6,8,11,16H,7H2,1-3H3,(H,15,17). The van der Waals surface area contributed by atoms with E-state index in [4.69, 9.17) is 11.6 Å². The van der Waals surface area contributed by atoms with E-state index in [0.717, 1.165) is 5.56 Å². The van der Waals surface area contributed by atoms with Crippen LogP contribution in [0.15, 0.2) is 18.2 Å². The Hall–Kier alpha value is -1.22. The molecule has 3 nitrogen and oxygen atoms in total. The number of benzene rings is 1. The molecule has 0 aromatic heterocycles. The number of hydrogen-bond donors (Lipinski definition) is 2. The fourth-order valence-corrected chi connectivity index (χ4v) is 1.89. The van der Waals surface area contributed by atoms with Crippen LogP contribution < -0.4 is 5.32 Å². The van der Waals surface area contributed by atoms with Crippen LogP contribution in [0, 0.1) is 12.8 Å². The summed E-state index contributed by atoms with van der Waals surface area (Å²) in [6.07, 6.45) is 0. The first kappa shape index (κ1) is 13.8. The lowest BCUT2D eigenvalue weighted by Crippen LogP contribution is -2.39. The molecule has 17 heavy (non-hydrogen) atoms. The molecule has 0 bridgehead atoms. The number of alkyl halides is 1. The lowest BCUT2D eigenvalue weighted by Gasteiger charge is -2.20. The maximum Gasteiger partial charge on any atom is 0.255 e. The van der Waals surface area contributed by atoms with E-state index in [2.05, 4.69) is 5.32 Å². The highest BCUT2D eigenvalue weighted by molar-refractivity contribution is 6.18. The Labute approximate surface area is 107 Å². The topological polar surface area (TPSA) is 49.3 Å². The van der Waals surface area contributed by atoms with Gasteiger partial charge in [-0.05, 0) is 25.0 Å². The van der Waals surface area contributed by atoms with Crippen molar-refractivity contribution in [2.75, 3.05) is 5.88 Å². The summed E-state index contributed by atoms with van der Waals surface area (Å²) in [5, 5.41) is 12.5. The van der Waals surface area contributed by atoms with E-state index in [-0.39, 0.29) is 23.6 Å². The van der Waals surface area contributed by atoms with Gasteiger partial charge < -0.3 is 10.4 Å². The maximum absolute atomic E-state index is 12.0. The highest BCUT2D eigenvalue weighted by Crippen LogP contribution is 2.18. The molecule has 1 unspecified atom stereocenters. The Balaban J connectivity index is 2.86. The van der Waals surface area contributed by atoms with Crippen LogP contribution >= 0.6 is 11.6 Å². The van der Waals surface area contributed by atoms with E-state index < -0.39 is 0 Å². The molecule has 1 rings (SSSR count). The van der Waals surface area contributed by atoms with Gasteiger partial charge in [0, 0.05) is 11.9 Å². The number of nitrogens with one attached hydrogen (secondary N) is 1. The monoisotopic (exact) mass is 255 g/mol. The molecule has 2 N–H and O–H groups in total. The third kappa shape index (κ3) is 3.63. The van der Waals surface area contributed by atoms with Crippen LogP contribution in [0.4, 0.5) is 0 Å². The third-order valence-electron chi connectivity index (χ3n) is 2.68. The van der Waals surface area contributed by atoms with Crippen LogP contribution in [0.5, 0.6) is 5.75 Å². The molecule has 0 fully saturated rings. The fourth-order valence-electron chi connectivity index (χ4n) is 1.46. The van der Waals surface area contributed by atoms with Crippen LogP contribution in [0.25, 0.3) is 0 Å². The second kappa shape index (κ2) is 5.92. The van der Waals surface area contributed by atoms with E-state index in [9.17, 15) is 9.90 Å². The summed E-state index contributed by atoms with van der Waals surface area (Å²) in [4.78, 5) is 12.0. The molecule has 1 amide bonds. The lowest BCUT2D eigenvalue weighted by molar-refractivity contribution is 0.0928. The van der Waals surface area contributed by atoms with Crippen molar-refractivity contribution in [3.05, 3.63) is 29.3 Å². The van der Waals surface area contributed by atoms with E-state index in [1.165, 1.54) is 6.07 Å². The van der Waals surface area contributed by atoms with E-state index in [1.807, 2.05) is 20.8 Å². The zero-order chi connectivity index (χ0) is 13.0. The molecule has 0 aliphatic heterocycles. The van der Waals surface area contributed by atoms with E-state index >= 15 is 0 Å². The Kier molecular flexibility index (Phi) is 4.82. The molecule has 0 spiro atoms. The minimum Gasteiger partial charge on any atom is -0.507 e. The summed E-state index contributed by atoms with van der Waals surface area (Å²) in [5.74, 6) is 0.315. The number of carbonyl (C=O) groups is 1. The molecule has 1 aromatic rings. The average Bonchev–Trinajstić information content (AvgIpc) is 2.28. The van der Waals surface area contributed by atoms with Crippen LogP contribution in [0.3, 0.4) is 0 Å². The van der Waals surface area contributed by atoms with Crippen molar-refractivity contribution in [3.63, 3.8) is 0 Å². The molecule has 0 aliphatic rings. The molecule has 0 saturated carbocycles. The summed E-state index contributed by atoms with van der Waals surface area (Å²) < 4.78 is 0. The largest absolute Gasteiger partial charge is 0.507 e. The van der Waals surface area contributed by atoms with Crippen molar-refractivity contribution in [1.82, 2.24) is 5.32 Å². The molecule has 0 radical (unpaired) electrons. The number of hydrogen-bond acceptors (Lipinski definition) is 2. The number of carbonyl (C=O) groups excluding carboxylic acids is 1. The van der Waals surface area contributed by atoms with Gasteiger partial charge in [-0.25, -0.2) is 0 Å². The van der Waals surface area contributed by atoms with Crippen molar-refractivity contribution in [1.29, 1.82) is 0 Å². The Morgan fingerprint density at radius 1 is 1.47 bits per heavy atom. The minimum atomic E-state index is -0.287. The van der Waals surface area contributed by atoms with Gasteiger partial charge >= 0.3 is 0 Å². The van der Waals surface area contributed by atoms with Gasteiger partial charge in [0.05, 0.1) is 5.56 Å². The smallest absolute Gasteiger partial charge is 0.255 e. The van der Waals surface area contributed by atoms with Gasteiger partial charge in [0.25, 0.3) is 5.91 Å². The van der Waals surface area contributed by atoms with Crippen LogP contribution in [0.2, 0.25) is 0 Å². The number of aromatic hydroxyl groups is 1. The predicted octanol–water partition coefficient (Wildman–Crippen LogP) is 2.69. The lowest BCUT2D eigenvalue weighted by atomic mass is 10.0. The van der Waals surface area contributed by atoms with Crippen LogP contribution in [-0.4, -0.2) is 22.9 Å². The SMILES string of the molecule is Cc1ccc(O)c(C(=O)NC(CCl)C(C)C)c1. The molecule has 1 aromatic carbocycles. The molecule has 0 aliphatic carbocycles. The van der Waals surface area contributed by atoms with Gasteiger partial charge in [-0.2, -0.15) is 0 Å². The highest BCUT2D eigenvalue weighted by Gasteiger charge is 2.18.